The molecular weight excluding hydrogens is 360 g/mol. The number of aromatic nitrogens is 2. The maximum absolute atomic E-state index is 12.3. The number of anilines is 2. The highest BCUT2D eigenvalue weighted by Gasteiger charge is 2.08. The van der Waals surface area contributed by atoms with Crippen molar-refractivity contribution < 1.29 is 4.79 Å². The van der Waals surface area contributed by atoms with Gasteiger partial charge in [-0.05, 0) is 48.2 Å². The molecule has 2 N–H and O–H groups in total. The SMILES string of the molecule is CCc1ccc(NC(=O)c2cnc(NCCc3ccc(Cl)cc3)cn2)cc1. The summed E-state index contributed by atoms with van der Waals surface area (Å²) in [4.78, 5) is 20.7. The maximum atomic E-state index is 12.3. The lowest BCUT2D eigenvalue weighted by atomic mass is 10.1. The molecular formula is C21H21ClN4O. The van der Waals surface area contributed by atoms with Gasteiger partial charge >= 0.3 is 0 Å². The minimum Gasteiger partial charge on any atom is -0.368 e. The lowest BCUT2D eigenvalue weighted by Crippen LogP contribution is -2.15. The van der Waals surface area contributed by atoms with Crippen LogP contribution in [-0.2, 0) is 12.8 Å². The van der Waals surface area contributed by atoms with Crippen LogP contribution >= 0.6 is 11.6 Å². The molecule has 0 bridgehead atoms. The first-order valence-electron chi connectivity index (χ1n) is 8.84. The van der Waals surface area contributed by atoms with E-state index in [9.17, 15) is 4.79 Å². The van der Waals surface area contributed by atoms with Crippen molar-refractivity contribution in [2.45, 2.75) is 19.8 Å². The Bertz CT molecular complexity index is 878. The highest BCUT2D eigenvalue weighted by atomic mass is 35.5. The standard InChI is InChI=1S/C21H21ClN4O/c1-2-15-5-9-18(10-6-15)26-21(27)19-13-25-20(14-24-19)23-12-11-16-3-7-17(22)8-4-16/h3-10,13-14H,2,11-12H2,1H3,(H,23,25)(H,26,27). The van der Waals surface area contributed by atoms with Crippen LogP contribution in [0.25, 0.3) is 0 Å². The van der Waals surface area contributed by atoms with E-state index in [1.165, 1.54) is 17.3 Å². The second-order valence-corrected chi connectivity index (χ2v) is 6.53. The van der Waals surface area contributed by atoms with Crippen LogP contribution in [0.4, 0.5) is 11.5 Å². The van der Waals surface area contributed by atoms with Gasteiger partial charge in [-0.25, -0.2) is 9.97 Å². The lowest BCUT2D eigenvalue weighted by molar-refractivity contribution is 0.102. The van der Waals surface area contributed by atoms with E-state index >= 15 is 0 Å². The van der Waals surface area contributed by atoms with E-state index in [1.807, 2.05) is 48.5 Å². The molecule has 0 saturated heterocycles. The molecule has 3 rings (SSSR count). The van der Waals surface area contributed by atoms with Crippen LogP contribution in [0, 0.1) is 0 Å². The fraction of sp³-hybridized carbons (Fsp3) is 0.190. The fourth-order valence-electron chi connectivity index (χ4n) is 2.54. The number of hydrogen-bond donors (Lipinski definition) is 2. The Balaban J connectivity index is 1.51. The van der Waals surface area contributed by atoms with E-state index in [-0.39, 0.29) is 11.6 Å². The molecule has 27 heavy (non-hydrogen) atoms. The number of halogens is 1. The number of amides is 1. The third-order valence-corrected chi connectivity index (χ3v) is 4.39. The van der Waals surface area contributed by atoms with Crippen LogP contribution in [0.3, 0.4) is 0 Å². The van der Waals surface area contributed by atoms with Crippen LogP contribution in [0.2, 0.25) is 5.02 Å². The predicted octanol–water partition coefficient (Wildman–Crippen LogP) is 4.60. The van der Waals surface area contributed by atoms with Gasteiger partial charge < -0.3 is 10.6 Å². The number of carbonyl (C=O) groups is 1. The summed E-state index contributed by atoms with van der Waals surface area (Å²) in [6.07, 6.45) is 4.85. The Hall–Kier alpha value is -2.92. The smallest absolute Gasteiger partial charge is 0.275 e. The molecule has 0 saturated carbocycles. The van der Waals surface area contributed by atoms with Crippen LogP contribution in [0.15, 0.2) is 60.9 Å². The Morgan fingerprint density at radius 3 is 2.30 bits per heavy atom. The molecule has 0 unspecified atom stereocenters. The number of nitrogens with zero attached hydrogens (tertiary/aromatic N) is 2. The molecule has 0 aliphatic rings. The summed E-state index contributed by atoms with van der Waals surface area (Å²) >= 11 is 5.88. The Labute approximate surface area is 163 Å². The third kappa shape index (κ3) is 5.53. The molecule has 0 aliphatic heterocycles. The van der Waals surface area contributed by atoms with Gasteiger partial charge in [0.1, 0.15) is 11.5 Å². The van der Waals surface area contributed by atoms with Crippen LogP contribution in [0.5, 0.6) is 0 Å². The van der Waals surface area contributed by atoms with Crippen molar-refractivity contribution in [2.75, 3.05) is 17.2 Å². The average Bonchev–Trinajstić information content (AvgIpc) is 2.70. The summed E-state index contributed by atoms with van der Waals surface area (Å²) < 4.78 is 0. The second-order valence-electron chi connectivity index (χ2n) is 6.09. The summed E-state index contributed by atoms with van der Waals surface area (Å²) in [6, 6.07) is 15.5. The molecule has 2 aromatic carbocycles. The number of rotatable bonds is 7. The summed E-state index contributed by atoms with van der Waals surface area (Å²) in [5.41, 5.74) is 3.42. The summed E-state index contributed by atoms with van der Waals surface area (Å²) in [6.45, 7) is 2.81. The molecule has 6 heteroatoms. The van der Waals surface area contributed by atoms with E-state index in [2.05, 4.69) is 27.5 Å². The zero-order chi connectivity index (χ0) is 19.1. The number of carbonyl (C=O) groups excluding carboxylic acids is 1. The average molecular weight is 381 g/mol. The van der Waals surface area contributed by atoms with E-state index in [0.717, 1.165) is 23.6 Å². The summed E-state index contributed by atoms with van der Waals surface area (Å²) in [7, 11) is 0. The van der Waals surface area contributed by atoms with Crippen molar-refractivity contribution in [3.63, 3.8) is 0 Å². The molecule has 0 spiro atoms. The predicted molar refractivity (Wildman–Crippen MR) is 109 cm³/mol. The minimum absolute atomic E-state index is 0.276. The van der Waals surface area contributed by atoms with Gasteiger partial charge in [0.05, 0.1) is 12.4 Å². The highest BCUT2D eigenvalue weighted by molar-refractivity contribution is 6.30. The Kier molecular flexibility index (Phi) is 6.39. The number of benzene rings is 2. The van der Waals surface area contributed by atoms with Crippen LogP contribution in [0.1, 0.15) is 28.5 Å². The molecule has 0 fully saturated rings. The number of nitrogens with one attached hydrogen (secondary N) is 2. The second kappa shape index (κ2) is 9.14. The molecule has 0 atom stereocenters. The van der Waals surface area contributed by atoms with Gasteiger partial charge in [0, 0.05) is 17.3 Å². The first-order valence-corrected chi connectivity index (χ1v) is 9.22. The van der Waals surface area contributed by atoms with Crippen molar-refractivity contribution in [3.8, 4) is 0 Å². The lowest BCUT2D eigenvalue weighted by Gasteiger charge is -2.07. The van der Waals surface area contributed by atoms with Gasteiger partial charge in [-0.1, -0.05) is 42.8 Å². The van der Waals surface area contributed by atoms with Gasteiger partial charge in [-0.3, -0.25) is 4.79 Å². The molecule has 1 amide bonds. The Morgan fingerprint density at radius 1 is 0.963 bits per heavy atom. The van der Waals surface area contributed by atoms with Crippen LogP contribution in [-0.4, -0.2) is 22.4 Å². The van der Waals surface area contributed by atoms with E-state index in [1.54, 1.807) is 6.20 Å². The van der Waals surface area contributed by atoms with Gasteiger partial charge in [-0.15, -0.1) is 0 Å². The maximum Gasteiger partial charge on any atom is 0.275 e. The topological polar surface area (TPSA) is 66.9 Å². The minimum atomic E-state index is -0.278. The molecule has 5 nitrogen and oxygen atoms in total. The van der Waals surface area contributed by atoms with Crippen LogP contribution < -0.4 is 10.6 Å². The zero-order valence-electron chi connectivity index (χ0n) is 15.1. The van der Waals surface area contributed by atoms with Gasteiger partial charge in [0.2, 0.25) is 0 Å². The molecule has 138 valence electrons. The number of aryl methyl sites for hydroxylation is 1. The number of hydrogen-bond acceptors (Lipinski definition) is 4. The summed E-state index contributed by atoms with van der Waals surface area (Å²) in [5.74, 6) is 0.354. The van der Waals surface area contributed by atoms with Crippen molar-refractivity contribution in [3.05, 3.63) is 82.8 Å². The van der Waals surface area contributed by atoms with Crippen molar-refractivity contribution in [2.24, 2.45) is 0 Å². The zero-order valence-corrected chi connectivity index (χ0v) is 15.8. The quantitative estimate of drug-likeness (QED) is 0.628. The Morgan fingerprint density at radius 2 is 1.67 bits per heavy atom. The van der Waals surface area contributed by atoms with Crippen molar-refractivity contribution >= 4 is 29.0 Å². The molecule has 1 heterocycles. The van der Waals surface area contributed by atoms with Crippen molar-refractivity contribution in [1.82, 2.24) is 9.97 Å². The largest absolute Gasteiger partial charge is 0.368 e. The summed E-state index contributed by atoms with van der Waals surface area (Å²) in [5, 5.41) is 6.75. The van der Waals surface area contributed by atoms with Crippen molar-refractivity contribution in [1.29, 1.82) is 0 Å². The van der Waals surface area contributed by atoms with E-state index in [4.69, 9.17) is 11.6 Å². The van der Waals surface area contributed by atoms with Gasteiger partial charge in [0.15, 0.2) is 0 Å². The molecule has 0 aliphatic carbocycles. The first kappa shape index (κ1) is 18.9. The normalized spacial score (nSPS) is 10.4. The highest BCUT2D eigenvalue weighted by Crippen LogP contribution is 2.12. The van der Waals surface area contributed by atoms with E-state index in [0.29, 0.717) is 12.4 Å². The monoisotopic (exact) mass is 380 g/mol. The molecule has 0 radical (unpaired) electrons. The van der Waals surface area contributed by atoms with Gasteiger partial charge in [0.25, 0.3) is 5.91 Å². The molecule has 1 aromatic heterocycles. The third-order valence-electron chi connectivity index (χ3n) is 4.14. The first-order chi connectivity index (χ1) is 13.1. The van der Waals surface area contributed by atoms with E-state index < -0.39 is 0 Å². The molecule has 3 aromatic rings. The van der Waals surface area contributed by atoms with Gasteiger partial charge in [-0.2, -0.15) is 0 Å². The fourth-order valence-corrected chi connectivity index (χ4v) is 2.67.